The van der Waals surface area contributed by atoms with Gasteiger partial charge in [0.25, 0.3) is 11.5 Å². The summed E-state index contributed by atoms with van der Waals surface area (Å²) in [5.74, 6) is -0.419. The van der Waals surface area contributed by atoms with Gasteiger partial charge in [0.15, 0.2) is 0 Å². The molecule has 0 aliphatic carbocycles. The van der Waals surface area contributed by atoms with Gasteiger partial charge in [-0.2, -0.15) is 26.3 Å². The van der Waals surface area contributed by atoms with Crippen LogP contribution in [0.4, 0.5) is 32.2 Å². The number of nitrogens with one attached hydrogen (secondary N) is 1. The van der Waals surface area contributed by atoms with Gasteiger partial charge < -0.3 is 14.8 Å². The minimum atomic E-state index is -4.74. The van der Waals surface area contributed by atoms with Crippen molar-refractivity contribution in [3.05, 3.63) is 57.6 Å². The van der Waals surface area contributed by atoms with Gasteiger partial charge in [-0.3, -0.25) is 9.59 Å². The standard InChI is InChI=1S/C17H14F6N4O2/c18-16(19,20)10-1-4-13(24-9-10)26-5-7-27(8-6-26)15(29)11-2-3-12(17(21,22)23)25-14(11)28/h1-4,9H,5-8H2,(H,25,28). The first-order chi connectivity index (χ1) is 13.5. The van der Waals surface area contributed by atoms with Gasteiger partial charge in [-0.1, -0.05) is 0 Å². The Balaban J connectivity index is 1.66. The van der Waals surface area contributed by atoms with Crippen LogP contribution in [0.25, 0.3) is 0 Å². The van der Waals surface area contributed by atoms with Gasteiger partial charge in [0, 0.05) is 32.4 Å². The number of pyridine rings is 2. The fourth-order valence-electron chi connectivity index (χ4n) is 2.86. The van der Waals surface area contributed by atoms with Crippen molar-refractivity contribution in [3.63, 3.8) is 0 Å². The van der Waals surface area contributed by atoms with Crippen LogP contribution in [0.3, 0.4) is 0 Å². The van der Waals surface area contributed by atoms with Crippen molar-refractivity contribution in [3.8, 4) is 0 Å². The smallest absolute Gasteiger partial charge is 0.353 e. The number of carbonyl (C=O) groups excluding carboxylic acids is 1. The van der Waals surface area contributed by atoms with Gasteiger partial charge in [0.05, 0.1) is 5.56 Å². The first kappa shape index (κ1) is 20.7. The molecule has 156 valence electrons. The first-order valence-electron chi connectivity index (χ1n) is 8.35. The Kier molecular flexibility index (Phi) is 5.28. The summed E-state index contributed by atoms with van der Waals surface area (Å²) < 4.78 is 75.6. The molecule has 3 rings (SSSR count). The molecule has 0 unspecified atom stereocenters. The molecule has 1 N–H and O–H groups in total. The van der Waals surface area contributed by atoms with Crippen molar-refractivity contribution in [2.24, 2.45) is 0 Å². The molecule has 1 fully saturated rings. The van der Waals surface area contributed by atoms with Crippen LogP contribution in [0.15, 0.2) is 35.3 Å². The van der Waals surface area contributed by atoms with E-state index in [4.69, 9.17) is 0 Å². The average Bonchev–Trinajstić information content (AvgIpc) is 2.66. The minimum absolute atomic E-state index is 0.127. The summed E-state index contributed by atoms with van der Waals surface area (Å²) in [6, 6.07) is 3.58. The summed E-state index contributed by atoms with van der Waals surface area (Å²) in [4.78, 5) is 32.7. The van der Waals surface area contributed by atoms with Crippen LogP contribution >= 0.6 is 0 Å². The highest BCUT2D eigenvalue weighted by Crippen LogP contribution is 2.29. The molecular weight excluding hydrogens is 406 g/mol. The summed E-state index contributed by atoms with van der Waals surface area (Å²) in [7, 11) is 0. The van der Waals surface area contributed by atoms with E-state index in [1.54, 1.807) is 9.88 Å². The fourth-order valence-corrected chi connectivity index (χ4v) is 2.86. The molecule has 2 aromatic heterocycles. The van der Waals surface area contributed by atoms with Crippen molar-refractivity contribution in [2.75, 3.05) is 31.1 Å². The number of piperazine rings is 1. The van der Waals surface area contributed by atoms with Crippen LogP contribution in [0.1, 0.15) is 21.6 Å². The second kappa shape index (κ2) is 7.41. The zero-order valence-corrected chi connectivity index (χ0v) is 14.6. The molecule has 0 spiro atoms. The topological polar surface area (TPSA) is 69.3 Å². The summed E-state index contributed by atoms with van der Waals surface area (Å²) >= 11 is 0. The van der Waals surface area contributed by atoms with Crippen molar-refractivity contribution < 1.29 is 31.1 Å². The second-order valence-corrected chi connectivity index (χ2v) is 6.29. The lowest BCUT2D eigenvalue weighted by atomic mass is 10.2. The van der Waals surface area contributed by atoms with E-state index in [1.807, 2.05) is 0 Å². The monoisotopic (exact) mass is 420 g/mol. The molecule has 3 heterocycles. The number of aromatic amines is 1. The molecule has 1 amide bonds. The van der Waals surface area contributed by atoms with Gasteiger partial charge in [-0.15, -0.1) is 0 Å². The third-order valence-corrected chi connectivity index (χ3v) is 4.41. The van der Waals surface area contributed by atoms with E-state index < -0.39 is 40.6 Å². The highest BCUT2D eigenvalue weighted by Gasteiger charge is 2.33. The van der Waals surface area contributed by atoms with Crippen LogP contribution < -0.4 is 10.5 Å². The normalized spacial score (nSPS) is 15.5. The quantitative estimate of drug-likeness (QED) is 0.759. The van der Waals surface area contributed by atoms with E-state index in [0.29, 0.717) is 18.1 Å². The number of nitrogens with zero attached hydrogens (tertiary/aromatic N) is 3. The number of hydrogen-bond donors (Lipinski definition) is 1. The Bertz CT molecular complexity index is 944. The molecular formula is C17H14F6N4O2. The first-order valence-corrected chi connectivity index (χ1v) is 8.35. The van der Waals surface area contributed by atoms with E-state index in [0.717, 1.165) is 12.1 Å². The third kappa shape index (κ3) is 4.51. The van der Waals surface area contributed by atoms with E-state index >= 15 is 0 Å². The van der Waals surface area contributed by atoms with Gasteiger partial charge in [0.1, 0.15) is 17.1 Å². The number of H-pyrrole nitrogens is 1. The highest BCUT2D eigenvalue weighted by molar-refractivity contribution is 5.94. The molecule has 0 saturated carbocycles. The summed E-state index contributed by atoms with van der Waals surface area (Å²) in [6.07, 6.45) is -8.51. The lowest BCUT2D eigenvalue weighted by Crippen LogP contribution is -2.50. The molecule has 0 radical (unpaired) electrons. The summed E-state index contributed by atoms with van der Waals surface area (Å²) in [6.45, 7) is 0.731. The van der Waals surface area contributed by atoms with Crippen LogP contribution in [-0.2, 0) is 12.4 Å². The van der Waals surface area contributed by atoms with E-state index in [1.165, 1.54) is 11.0 Å². The number of amides is 1. The SMILES string of the molecule is O=C(c1ccc(C(F)(F)F)[nH]c1=O)N1CCN(c2ccc(C(F)(F)F)cn2)CC1. The molecule has 1 aliphatic rings. The third-order valence-electron chi connectivity index (χ3n) is 4.41. The van der Waals surface area contributed by atoms with Crippen molar-refractivity contribution in [1.29, 1.82) is 0 Å². The molecule has 1 aliphatic heterocycles. The van der Waals surface area contributed by atoms with Gasteiger partial charge in [0.2, 0.25) is 0 Å². The Labute approximate surface area is 159 Å². The number of alkyl halides is 6. The van der Waals surface area contributed by atoms with Crippen molar-refractivity contribution in [2.45, 2.75) is 12.4 Å². The number of carbonyl (C=O) groups is 1. The zero-order valence-electron chi connectivity index (χ0n) is 14.6. The molecule has 1 saturated heterocycles. The molecule has 2 aromatic rings. The van der Waals surface area contributed by atoms with Crippen LogP contribution in [0.5, 0.6) is 0 Å². The Morgan fingerprint density at radius 2 is 1.59 bits per heavy atom. The Morgan fingerprint density at radius 1 is 0.931 bits per heavy atom. The van der Waals surface area contributed by atoms with Crippen LogP contribution in [-0.4, -0.2) is 47.0 Å². The van der Waals surface area contributed by atoms with Crippen LogP contribution in [0.2, 0.25) is 0 Å². The molecule has 0 bridgehead atoms. The maximum absolute atomic E-state index is 12.6. The van der Waals surface area contributed by atoms with Crippen LogP contribution in [0, 0.1) is 0 Å². The summed E-state index contributed by atoms with van der Waals surface area (Å²) in [5, 5.41) is 0. The minimum Gasteiger partial charge on any atom is -0.353 e. The zero-order chi connectivity index (χ0) is 21.4. The molecule has 29 heavy (non-hydrogen) atoms. The Morgan fingerprint density at radius 3 is 2.07 bits per heavy atom. The Hall–Kier alpha value is -3.05. The molecule has 6 nitrogen and oxygen atoms in total. The highest BCUT2D eigenvalue weighted by atomic mass is 19.4. The second-order valence-electron chi connectivity index (χ2n) is 6.29. The lowest BCUT2D eigenvalue weighted by Gasteiger charge is -2.35. The number of aromatic nitrogens is 2. The van der Waals surface area contributed by atoms with Crippen molar-refractivity contribution >= 4 is 11.7 Å². The lowest BCUT2D eigenvalue weighted by molar-refractivity contribution is -0.141. The predicted molar refractivity (Wildman–Crippen MR) is 89.4 cm³/mol. The van der Waals surface area contributed by atoms with E-state index in [2.05, 4.69) is 4.98 Å². The maximum atomic E-state index is 12.6. The molecule has 0 atom stereocenters. The van der Waals surface area contributed by atoms with Gasteiger partial charge in [-0.05, 0) is 24.3 Å². The average molecular weight is 420 g/mol. The number of halogens is 6. The van der Waals surface area contributed by atoms with E-state index in [9.17, 15) is 35.9 Å². The van der Waals surface area contributed by atoms with Gasteiger partial charge in [-0.25, -0.2) is 4.98 Å². The predicted octanol–water partition coefficient (Wildman–Crippen LogP) is 2.77. The maximum Gasteiger partial charge on any atom is 0.431 e. The molecule has 0 aromatic carbocycles. The largest absolute Gasteiger partial charge is 0.431 e. The van der Waals surface area contributed by atoms with Crippen molar-refractivity contribution in [1.82, 2.24) is 14.9 Å². The van der Waals surface area contributed by atoms with E-state index in [-0.39, 0.29) is 26.2 Å². The fraction of sp³-hybridized carbons (Fsp3) is 0.353. The molecule has 12 heteroatoms. The number of rotatable bonds is 2. The summed E-state index contributed by atoms with van der Waals surface area (Å²) in [5.41, 5.74) is -3.69. The number of hydrogen-bond acceptors (Lipinski definition) is 4. The van der Waals surface area contributed by atoms with Gasteiger partial charge >= 0.3 is 12.4 Å². The number of anilines is 1.